The number of hydrogen-bond acceptors (Lipinski definition) is 3. The van der Waals surface area contributed by atoms with Crippen LogP contribution in [0, 0.1) is 0 Å². The van der Waals surface area contributed by atoms with Gasteiger partial charge in [-0.15, -0.1) is 0 Å². The molecule has 98 valence electrons. The monoisotopic (exact) mass is 261 g/mol. The number of sulfonamides is 1. The smallest absolute Gasteiger partial charge is 0.305 e. The van der Waals surface area contributed by atoms with E-state index in [1.807, 2.05) is 0 Å². The summed E-state index contributed by atoms with van der Waals surface area (Å²) < 4.78 is 26.6. The van der Waals surface area contributed by atoms with Crippen molar-refractivity contribution in [3.05, 3.63) is 0 Å². The number of carboxylic acids is 1. The molecule has 0 saturated heterocycles. The number of rotatable bonds is 5. The number of carboxylic acid groups (broad SMARTS) is 1. The highest BCUT2D eigenvalue weighted by Crippen LogP contribution is 2.35. The molecule has 0 aromatic heterocycles. The Morgan fingerprint density at radius 1 is 1.24 bits per heavy atom. The summed E-state index contributed by atoms with van der Waals surface area (Å²) in [6.07, 6.45) is 5.47. The van der Waals surface area contributed by atoms with Crippen LogP contribution in [0.25, 0.3) is 0 Å². The van der Waals surface area contributed by atoms with Gasteiger partial charge in [-0.3, -0.25) is 4.79 Å². The second kappa shape index (κ2) is 4.57. The molecular weight excluding hydrogens is 242 g/mol. The molecule has 0 unspecified atom stereocenters. The Labute approximate surface area is 102 Å². The van der Waals surface area contributed by atoms with Crippen LogP contribution in [-0.4, -0.2) is 30.3 Å². The van der Waals surface area contributed by atoms with Crippen molar-refractivity contribution in [2.24, 2.45) is 0 Å². The van der Waals surface area contributed by atoms with Crippen LogP contribution in [0.1, 0.15) is 51.4 Å². The van der Waals surface area contributed by atoms with Crippen molar-refractivity contribution in [1.29, 1.82) is 0 Å². The fraction of sp³-hybridized carbons (Fsp3) is 0.909. The first-order valence-electron chi connectivity index (χ1n) is 6.18. The molecule has 0 radical (unpaired) electrons. The van der Waals surface area contributed by atoms with Crippen molar-refractivity contribution in [3.63, 3.8) is 0 Å². The van der Waals surface area contributed by atoms with Crippen LogP contribution < -0.4 is 4.72 Å². The van der Waals surface area contributed by atoms with Gasteiger partial charge in [0, 0.05) is 5.54 Å². The zero-order chi connectivity index (χ0) is 12.5. The molecule has 2 aliphatic rings. The molecule has 2 N–H and O–H groups in total. The average molecular weight is 261 g/mol. The summed E-state index contributed by atoms with van der Waals surface area (Å²) in [4.78, 5) is 10.9. The summed E-state index contributed by atoms with van der Waals surface area (Å²) >= 11 is 0. The van der Waals surface area contributed by atoms with Gasteiger partial charge in [0.2, 0.25) is 10.0 Å². The first kappa shape index (κ1) is 12.8. The van der Waals surface area contributed by atoms with Crippen molar-refractivity contribution >= 4 is 16.0 Å². The van der Waals surface area contributed by atoms with Crippen LogP contribution in [0.15, 0.2) is 0 Å². The molecule has 17 heavy (non-hydrogen) atoms. The molecule has 2 rings (SSSR count). The predicted molar refractivity (Wildman–Crippen MR) is 63.1 cm³/mol. The Bertz CT molecular complexity index is 394. The van der Waals surface area contributed by atoms with Crippen molar-refractivity contribution in [3.8, 4) is 0 Å². The zero-order valence-corrected chi connectivity index (χ0v) is 10.6. The van der Waals surface area contributed by atoms with Crippen LogP contribution in [0.4, 0.5) is 0 Å². The third kappa shape index (κ3) is 3.19. The van der Waals surface area contributed by atoms with E-state index in [0.717, 1.165) is 19.3 Å². The fourth-order valence-electron chi connectivity index (χ4n) is 2.60. The van der Waals surface area contributed by atoms with Gasteiger partial charge < -0.3 is 5.11 Å². The summed E-state index contributed by atoms with van der Waals surface area (Å²) in [5.74, 6) is -0.926. The fourth-order valence-corrected chi connectivity index (χ4v) is 4.40. The Kier molecular flexibility index (Phi) is 3.45. The van der Waals surface area contributed by atoms with E-state index in [0.29, 0.717) is 25.7 Å². The third-order valence-corrected chi connectivity index (χ3v) is 5.69. The van der Waals surface area contributed by atoms with Crippen LogP contribution in [-0.2, 0) is 14.8 Å². The van der Waals surface area contributed by atoms with Crippen molar-refractivity contribution in [2.75, 3.05) is 0 Å². The molecule has 5 nitrogen and oxygen atoms in total. The van der Waals surface area contributed by atoms with Gasteiger partial charge >= 0.3 is 5.97 Å². The molecule has 0 atom stereocenters. The van der Waals surface area contributed by atoms with E-state index in [1.54, 1.807) is 0 Å². The highest BCUT2D eigenvalue weighted by atomic mass is 32.2. The van der Waals surface area contributed by atoms with Crippen molar-refractivity contribution in [2.45, 2.75) is 62.2 Å². The Morgan fingerprint density at radius 2 is 1.82 bits per heavy atom. The highest BCUT2D eigenvalue weighted by molar-refractivity contribution is 7.90. The van der Waals surface area contributed by atoms with E-state index in [-0.39, 0.29) is 11.7 Å². The minimum Gasteiger partial charge on any atom is -0.481 e. The van der Waals surface area contributed by atoms with Gasteiger partial charge in [-0.05, 0) is 25.7 Å². The maximum atomic E-state index is 11.9. The Morgan fingerprint density at radius 3 is 2.29 bits per heavy atom. The normalized spacial score (nSPS) is 24.5. The van der Waals surface area contributed by atoms with E-state index in [1.165, 1.54) is 0 Å². The minimum atomic E-state index is -3.30. The first-order chi connectivity index (χ1) is 7.94. The van der Waals surface area contributed by atoms with Crippen molar-refractivity contribution < 1.29 is 18.3 Å². The lowest BCUT2D eigenvalue weighted by atomic mass is 9.80. The molecule has 2 saturated carbocycles. The second-order valence-electron chi connectivity index (χ2n) is 5.26. The second-order valence-corrected chi connectivity index (χ2v) is 7.22. The molecule has 0 heterocycles. The highest BCUT2D eigenvalue weighted by Gasteiger charge is 2.43. The summed E-state index contributed by atoms with van der Waals surface area (Å²) in [5.41, 5.74) is -0.731. The largest absolute Gasteiger partial charge is 0.481 e. The summed E-state index contributed by atoms with van der Waals surface area (Å²) in [7, 11) is -3.30. The topological polar surface area (TPSA) is 83.5 Å². The number of nitrogens with one attached hydrogen (secondary N) is 1. The minimum absolute atomic E-state index is 0.0983. The maximum absolute atomic E-state index is 11.9. The van der Waals surface area contributed by atoms with Gasteiger partial charge in [-0.25, -0.2) is 13.1 Å². The lowest BCUT2D eigenvalue weighted by Gasteiger charge is -2.36. The van der Waals surface area contributed by atoms with E-state index in [9.17, 15) is 13.2 Å². The lowest BCUT2D eigenvalue weighted by molar-refractivity contribution is -0.138. The molecule has 6 heteroatoms. The maximum Gasteiger partial charge on any atom is 0.305 e. The molecule has 0 spiro atoms. The number of hydrogen-bond donors (Lipinski definition) is 2. The van der Waals surface area contributed by atoms with Gasteiger partial charge in [0.1, 0.15) is 0 Å². The van der Waals surface area contributed by atoms with Gasteiger partial charge in [0.25, 0.3) is 0 Å². The van der Waals surface area contributed by atoms with Gasteiger partial charge in [-0.2, -0.15) is 0 Å². The molecule has 0 aromatic rings. The Balaban J connectivity index is 2.11. The van der Waals surface area contributed by atoms with Gasteiger partial charge in [0.05, 0.1) is 11.7 Å². The molecule has 0 aromatic carbocycles. The summed E-state index contributed by atoms with van der Waals surface area (Å²) in [6, 6.07) is 0. The quantitative estimate of drug-likeness (QED) is 0.780. The molecule has 0 aliphatic heterocycles. The standard InChI is InChI=1S/C11H19NO4S/c13-10(14)8-11(6-2-1-3-7-11)12-17(15,16)9-4-5-9/h9,12H,1-8H2,(H,13,14). The predicted octanol–water partition coefficient (Wildman–Crippen LogP) is 1.25. The van der Waals surface area contributed by atoms with Crippen LogP contribution in [0.3, 0.4) is 0 Å². The van der Waals surface area contributed by atoms with Crippen LogP contribution in [0.5, 0.6) is 0 Å². The third-order valence-electron chi connectivity index (χ3n) is 3.62. The molecular formula is C11H19NO4S. The Hall–Kier alpha value is -0.620. The molecule has 2 fully saturated rings. The van der Waals surface area contributed by atoms with Gasteiger partial charge in [0.15, 0.2) is 0 Å². The van der Waals surface area contributed by atoms with Crippen molar-refractivity contribution in [1.82, 2.24) is 4.72 Å². The van der Waals surface area contributed by atoms with Crippen LogP contribution >= 0.6 is 0 Å². The van der Waals surface area contributed by atoms with E-state index in [4.69, 9.17) is 5.11 Å². The summed E-state index contributed by atoms with van der Waals surface area (Å²) in [6.45, 7) is 0. The lowest BCUT2D eigenvalue weighted by Crippen LogP contribution is -2.51. The first-order valence-corrected chi connectivity index (χ1v) is 7.73. The molecule has 0 amide bonds. The van der Waals surface area contributed by atoms with Crippen LogP contribution in [0.2, 0.25) is 0 Å². The summed E-state index contributed by atoms with van der Waals surface area (Å²) in [5, 5.41) is 8.66. The number of carbonyl (C=O) groups is 1. The van der Waals surface area contributed by atoms with E-state index < -0.39 is 21.5 Å². The molecule has 2 aliphatic carbocycles. The number of aliphatic carboxylic acids is 1. The average Bonchev–Trinajstić information content (AvgIpc) is 2.99. The zero-order valence-electron chi connectivity index (χ0n) is 9.81. The SMILES string of the molecule is O=C(O)CC1(NS(=O)(=O)C2CC2)CCCCC1. The van der Waals surface area contributed by atoms with Gasteiger partial charge in [-0.1, -0.05) is 19.3 Å². The molecule has 0 bridgehead atoms. The van der Waals surface area contributed by atoms with E-state index >= 15 is 0 Å². The van der Waals surface area contributed by atoms with E-state index in [2.05, 4.69) is 4.72 Å².